The van der Waals surface area contributed by atoms with Gasteiger partial charge in [0.2, 0.25) is 0 Å². The summed E-state index contributed by atoms with van der Waals surface area (Å²) in [6.45, 7) is 6.54. The molecule has 1 aliphatic carbocycles. The Balaban J connectivity index is 1.95. The van der Waals surface area contributed by atoms with Crippen molar-refractivity contribution in [3.8, 4) is 0 Å². The summed E-state index contributed by atoms with van der Waals surface area (Å²) < 4.78 is 4.68. The number of esters is 1. The maximum Gasteiger partial charge on any atom is 0.337 e. The zero-order valence-electron chi connectivity index (χ0n) is 15.1. The fraction of sp³-hybridized carbons (Fsp3) is 0.273. The van der Waals surface area contributed by atoms with Crippen LogP contribution in [0.4, 0.5) is 0 Å². The molecule has 2 aromatic carbocycles. The number of benzene rings is 2. The van der Waals surface area contributed by atoms with E-state index in [1.54, 1.807) is 24.3 Å². The van der Waals surface area contributed by atoms with Crippen molar-refractivity contribution in [1.82, 2.24) is 0 Å². The van der Waals surface area contributed by atoms with E-state index in [0.29, 0.717) is 16.7 Å². The molecule has 0 spiro atoms. The number of allylic oxidation sites excluding steroid dienone is 2. The van der Waals surface area contributed by atoms with Crippen molar-refractivity contribution in [2.75, 3.05) is 7.11 Å². The van der Waals surface area contributed by atoms with Crippen molar-refractivity contribution in [3.63, 3.8) is 0 Å². The number of carbonyl (C=O) groups excluding carboxylic acids is 2. The molecule has 3 heteroatoms. The van der Waals surface area contributed by atoms with Crippen molar-refractivity contribution in [2.45, 2.75) is 32.6 Å². The lowest BCUT2D eigenvalue weighted by atomic mass is 9.73. The van der Waals surface area contributed by atoms with Crippen molar-refractivity contribution in [1.29, 1.82) is 0 Å². The largest absolute Gasteiger partial charge is 0.465 e. The van der Waals surface area contributed by atoms with Gasteiger partial charge in [-0.05, 0) is 53.7 Å². The van der Waals surface area contributed by atoms with Gasteiger partial charge in [-0.25, -0.2) is 4.79 Å². The van der Waals surface area contributed by atoms with Crippen molar-refractivity contribution in [2.24, 2.45) is 0 Å². The van der Waals surface area contributed by atoms with E-state index in [2.05, 4.69) is 37.7 Å². The zero-order valence-corrected chi connectivity index (χ0v) is 15.1. The average Bonchev–Trinajstić information content (AvgIpc) is 2.63. The highest BCUT2D eigenvalue weighted by atomic mass is 16.5. The van der Waals surface area contributed by atoms with Gasteiger partial charge in [-0.3, -0.25) is 4.79 Å². The number of carbonyl (C=O) groups is 2. The molecule has 0 fully saturated rings. The molecule has 0 bridgehead atoms. The molecule has 25 heavy (non-hydrogen) atoms. The molecule has 0 N–H and O–H groups in total. The minimum Gasteiger partial charge on any atom is -0.465 e. The molecule has 0 saturated heterocycles. The van der Waals surface area contributed by atoms with Crippen LogP contribution in [0.15, 0.2) is 48.5 Å². The van der Waals surface area contributed by atoms with Crippen LogP contribution >= 0.6 is 0 Å². The number of hydrogen-bond donors (Lipinski definition) is 0. The number of ketones is 1. The highest BCUT2D eigenvalue weighted by Crippen LogP contribution is 2.39. The maximum absolute atomic E-state index is 12.8. The van der Waals surface area contributed by atoms with Gasteiger partial charge in [-0.1, -0.05) is 44.2 Å². The van der Waals surface area contributed by atoms with Gasteiger partial charge in [-0.2, -0.15) is 0 Å². The van der Waals surface area contributed by atoms with E-state index in [1.165, 1.54) is 18.2 Å². The summed E-state index contributed by atoms with van der Waals surface area (Å²) in [4.78, 5) is 24.3. The van der Waals surface area contributed by atoms with Crippen molar-refractivity contribution in [3.05, 3.63) is 76.4 Å². The molecule has 0 saturated carbocycles. The van der Waals surface area contributed by atoms with Crippen LogP contribution in [0.3, 0.4) is 0 Å². The van der Waals surface area contributed by atoms with Crippen molar-refractivity contribution < 1.29 is 14.3 Å². The zero-order chi connectivity index (χ0) is 18.2. The molecule has 0 aromatic heterocycles. The molecular weight excluding hydrogens is 312 g/mol. The Morgan fingerprint density at radius 3 is 2.20 bits per heavy atom. The Bertz CT molecular complexity index is 871. The molecule has 3 rings (SSSR count). The van der Waals surface area contributed by atoms with Gasteiger partial charge >= 0.3 is 5.97 Å². The molecule has 128 valence electrons. The minimum atomic E-state index is -0.407. The summed E-state index contributed by atoms with van der Waals surface area (Å²) in [6, 6.07) is 12.5. The lowest BCUT2D eigenvalue weighted by molar-refractivity contribution is 0.0600. The van der Waals surface area contributed by atoms with Crippen LogP contribution in [0.2, 0.25) is 0 Å². The van der Waals surface area contributed by atoms with Crippen LogP contribution in [0.1, 0.15) is 64.6 Å². The Morgan fingerprint density at radius 1 is 0.960 bits per heavy atom. The second-order valence-corrected chi connectivity index (χ2v) is 7.13. The van der Waals surface area contributed by atoms with E-state index >= 15 is 0 Å². The van der Waals surface area contributed by atoms with Gasteiger partial charge in [0.25, 0.3) is 0 Å². The molecule has 0 atom stereocenters. The number of ether oxygens (including phenoxy) is 1. The molecule has 0 amide bonds. The predicted octanol–water partition coefficient (Wildman–Crippen LogP) is 4.79. The first-order valence-electron chi connectivity index (χ1n) is 8.38. The molecule has 0 unspecified atom stereocenters. The first-order chi connectivity index (χ1) is 11.8. The van der Waals surface area contributed by atoms with Crippen LogP contribution in [0.5, 0.6) is 0 Å². The lowest BCUT2D eigenvalue weighted by Gasteiger charge is -2.31. The topological polar surface area (TPSA) is 43.4 Å². The van der Waals surface area contributed by atoms with Crippen LogP contribution in [-0.4, -0.2) is 18.9 Å². The Labute approximate surface area is 148 Å². The highest BCUT2D eigenvalue weighted by molar-refractivity contribution is 6.09. The Morgan fingerprint density at radius 2 is 1.56 bits per heavy atom. The number of rotatable bonds is 3. The fourth-order valence-corrected chi connectivity index (χ4v) is 3.27. The van der Waals surface area contributed by atoms with E-state index in [0.717, 1.165) is 12.0 Å². The number of fused-ring (bicyclic) bond motifs is 1. The van der Waals surface area contributed by atoms with Gasteiger partial charge < -0.3 is 4.74 Å². The Kier molecular flexibility index (Phi) is 4.34. The van der Waals surface area contributed by atoms with Crippen LogP contribution < -0.4 is 0 Å². The summed E-state index contributed by atoms with van der Waals surface area (Å²) in [5, 5.41) is 0. The van der Waals surface area contributed by atoms with Crippen LogP contribution in [0, 0.1) is 0 Å². The monoisotopic (exact) mass is 334 g/mol. The molecule has 2 aromatic rings. The first kappa shape index (κ1) is 17.2. The number of hydrogen-bond acceptors (Lipinski definition) is 3. The van der Waals surface area contributed by atoms with Gasteiger partial charge in [0, 0.05) is 11.1 Å². The molecule has 1 aliphatic rings. The summed E-state index contributed by atoms with van der Waals surface area (Å²) in [5.74, 6) is -0.453. The average molecular weight is 334 g/mol. The van der Waals surface area contributed by atoms with Gasteiger partial charge in [0.05, 0.1) is 12.7 Å². The third-order valence-corrected chi connectivity index (χ3v) is 4.92. The van der Waals surface area contributed by atoms with E-state index < -0.39 is 5.97 Å². The third kappa shape index (κ3) is 3.14. The molecule has 0 aliphatic heterocycles. The van der Waals surface area contributed by atoms with Gasteiger partial charge in [0.15, 0.2) is 5.78 Å². The SMILES string of the molecule is COC(=O)c1ccc(C(=O)c2ccc3c(c2)C(C)=CCC3(C)C)cc1. The molecule has 0 heterocycles. The van der Waals surface area contributed by atoms with E-state index in [9.17, 15) is 9.59 Å². The second kappa shape index (κ2) is 6.32. The van der Waals surface area contributed by atoms with E-state index in [1.807, 2.05) is 12.1 Å². The van der Waals surface area contributed by atoms with Crippen LogP contribution in [-0.2, 0) is 10.2 Å². The summed E-state index contributed by atoms with van der Waals surface area (Å²) in [5.41, 5.74) is 5.38. The standard InChI is InChI=1S/C22H22O3/c1-14-11-12-22(2,3)19-10-9-17(13-18(14)19)20(23)15-5-7-16(8-6-15)21(24)25-4/h5-11,13H,12H2,1-4H3. The quantitative estimate of drug-likeness (QED) is 0.599. The Hall–Kier alpha value is -2.68. The number of methoxy groups -OCH3 is 1. The molecule has 0 radical (unpaired) electrons. The normalized spacial score (nSPS) is 15.1. The second-order valence-electron chi connectivity index (χ2n) is 7.13. The van der Waals surface area contributed by atoms with E-state index in [-0.39, 0.29) is 11.2 Å². The smallest absolute Gasteiger partial charge is 0.337 e. The maximum atomic E-state index is 12.8. The van der Waals surface area contributed by atoms with Crippen LogP contribution in [0.25, 0.3) is 5.57 Å². The lowest BCUT2D eigenvalue weighted by Crippen LogP contribution is -2.21. The van der Waals surface area contributed by atoms with Gasteiger partial charge in [0.1, 0.15) is 0 Å². The molecular formula is C22H22O3. The fourth-order valence-electron chi connectivity index (χ4n) is 3.27. The predicted molar refractivity (Wildman–Crippen MR) is 99.0 cm³/mol. The molecule has 3 nitrogen and oxygen atoms in total. The summed E-state index contributed by atoms with van der Waals surface area (Å²) in [6.07, 6.45) is 3.25. The van der Waals surface area contributed by atoms with Gasteiger partial charge in [-0.15, -0.1) is 0 Å². The highest BCUT2D eigenvalue weighted by Gasteiger charge is 2.27. The first-order valence-corrected chi connectivity index (χ1v) is 8.38. The van der Waals surface area contributed by atoms with E-state index in [4.69, 9.17) is 0 Å². The third-order valence-electron chi connectivity index (χ3n) is 4.92. The minimum absolute atomic E-state index is 0.0459. The van der Waals surface area contributed by atoms with Crippen molar-refractivity contribution >= 4 is 17.3 Å². The summed E-state index contributed by atoms with van der Waals surface area (Å²) in [7, 11) is 1.34. The summed E-state index contributed by atoms with van der Waals surface area (Å²) >= 11 is 0.